The van der Waals surface area contributed by atoms with Crippen LogP contribution in [0.4, 0.5) is 0 Å². The predicted octanol–water partition coefficient (Wildman–Crippen LogP) is 13.8. The lowest BCUT2D eigenvalue weighted by Crippen LogP contribution is -2.21. The van der Waals surface area contributed by atoms with Crippen LogP contribution in [0, 0.1) is 5.41 Å². The minimum absolute atomic E-state index is 0.454. The Morgan fingerprint density at radius 1 is 0.393 bits per heavy atom. The first-order valence-electron chi connectivity index (χ1n) is 20.5. The van der Waals surface area contributed by atoms with Gasteiger partial charge in [-0.2, -0.15) is 0 Å². The van der Waals surface area contributed by atoms with E-state index in [1.165, 1.54) is 0 Å². The Labute approximate surface area is 356 Å². The summed E-state index contributed by atoms with van der Waals surface area (Å²) in [7, 11) is 0. The number of fused-ring (bicyclic) bond motifs is 1. The number of nitrogens with one attached hydrogen (secondary N) is 2. The van der Waals surface area contributed by atoms with Crippen LogP contribution < -0.4 is 5.32 Å². The summed E-state index contributed by atoms with van der Waals surface area (Å²) in [6.07, 6.45) is 2.23. The smallest absolute Gasteiger partial charge is 0.160 e. The molecule has 0 saturated heterocycles. The summed E-state index contributed by atoms with van der Waals surface area (Å²) in [6, 6.07) is 77.2. The van der Waals surface area contributed by atoms with Gasteiger partial charge in [-0.1, -0.05) is 212 Å². The summed E-state index contributed by atoms with van der Waals surface area (Å²) in [4.78, 5) is 10.1. The second kappa shape index (κ2) is 16.6. The minimum atomic E-state index is 0.454. The van der Waals surface area contributed by atoms with Crippen molar-refractivity contribution in [2.45, 2.75) is 0 Å². The minimum Gasteiger partial charge on any atom is -0.354 e. The molecule has 2 N–H and O–H groups in total. The quantitative estimate of drug-likeness (QED) is 0.143. The lowest BCUT2D eigenvalue weighted by atomic mass is 9.84. The molecule has 0 aliphatic carbocycles. The number of allylic oxidation sites excluding steroid dienone is 1. The Morgan fingerprint density at radius 2 is 0.902 bits per heavy atom. The number of hydrogen-bond acceptors (Lipinski definition) is 4. The largest absolute Gasteiger partial charge is 0.354 e. The van der Waals surface area contributed by atoms with Crippen LogP contribution >= 0.6 is 0 Å². The van der Waals surface area contributed by atoms with Crippen LogP contribution in [-0.2, 0) is 0 Å². The van der Waals surface area contributed by atoms with Crippen molar-refractivity contribution in [3.8, 4) is 56.2 Å². The van der Waals surface area contributed by atoms with Crippen LogP contribution in [0.1, 0.15) is 27.8 Å². The summed E-state index contributed by atoms with van der Waals surface area (Å²) in [6.45, 7) is 0. The Bertz CT molecular complexity index is 3010. The fourth-order valence-corrected chi connectivity index (χ4v) is 8.10. The van der Waals surface area contributed by atoms with E-state index in [-0.39, 0.29) is 0 Å². The first-order valence-corrected chi connectivity index (χ1v) is 20.5. The van der Waals surface area contributed by atoms with Crippen LogP contribution in [0.3, 0.4) is 0 Å². The van der Waals surface area contributed by atoms with Gasteiger partial charge in [0.1, 0.15) is 0 Å². The van der Waals surface area contributed by atoms with E-state index < -0.39 is 0 Å². The molecule has 0 saturated carbocycles. The molecule has 9 aromatic rings. The molecule has 2 heterocycles. The van der Waals surface area contributed by atoms with Crippen molar-refractivity contribution in [2.75, 3.05) is 0 Å². The Kier molecular flexibility index (Phi) is 10.1. The predicted molar refractivity (Wildman–Crippen MR) is 253 cm³/mol. The van der Waals surface area contributed by atoms with Gasteiger partial charge in [0.05, 0.1) is 22.8 Å². The highest BCUT2D eigenvalue weighted by Crippen LogP contribution is 2.42. The van der Waals surface area contributed by atoms with Gasteiger partial charge >= 0.3 is 0 Å². The van der Waals surface area contributed by atoms with E-state index in [0.717, 1.165) is 95.1 Å². The molecule has 1 aliphatic heterocycles. The lowest BCUT2D eigenvalue weighted by Gasteiger charge is -2.28. The molecule has 8 aromatic carbocycles. The van der Waals surface area contributed by atoms with Gasteiger partial charge in [0.2, 0.25) is 0 Å². The van der Waals surface area contributed by atoms with Crippen LogP contribution in [0.15, 0.2) is 224 Å². The van der Waals surface area contributed by atoms with Gasteiger partial charge in [-0.15, -0.1) is 0 Å². The van der Waals surface area contributed by atoms with E-state index >= 15 is 0 Å². The summed E-state index contributed by atoms with van der Waals surface area (Å²) < 4.78 is 0. The monoisotopic (exact) mass is 780 g/mol. The fourth-order valence-electron chi connectivity index (χ4n) is 8.10. The van der Waals surface area contributed by atoms with Crippen molar-refractivity contribution in [2.24, 2.45) is 0 Å². The molecule has 10 rings (SSSR count). The lowest BCUT2D eigenvalue weighted by molar-refractivity contribution is 1.18. The first-order chi connectivity index (χ1) is 30.2. The highest BCUT2D eigenvalue weighted by atomic mass is 14.9. The Morgan fingerprint density at radius 3 is 1.56 bits per heavy atom. The number of hydrogen-bond donors (Lipinski definition) is 2. The van der Waals surface area contributed by atoms with E-state index in [0.29, 0.717) is 11.5 Å². The summed E-state index contributed by atoms with van der Waals surface area (Å²) in [5.41, 5.74) is 17.4. The number of rotatable bonds is 9. The molecule has 0 amide bonds. The van der Waals surface area contributed by atoms with Gasteiger partial charge in [-0.05, 0) is 57.2 Å². The summed E-state index contributed by atoms with van der Waals surface area (Å²) >= 11 is 0. The molecule has 0 unspecified atom stereocenters. The molecule has 0 fully saturated rings. The molecule has 4 nitrogen and oxygen atoms in total. The zero-order valence-corrected chi connectivity index (χ0v) is 33.3. The molecule has 1 aromatic heterocycles. The van der Waals surface area contributed by atoms with Crippen molar-refractivity contribution in [3.05, 3.63) is 252 Å². The highest BCUT2D eigenvalue weighted by Gasteiger charge is 2.26. The number of benzene rings is 8. The fraction of sp³-hybridized carbons (Fsp3) is 0. The molecular weight excluding hydrogens is 741 g/mol. The van der Waals surface area contributed by atoms with Crippen LogP contribution in [0.2, 0.25) is 0 Å². The molecule has 0 atom stereocenters. The van der Waals surface area contributed by atoms with E-state index in [9.17, 15) is 5.41 Å². The second-order valence-corrected chi connectivity index (χ2v) is 15.0. The molecular formula is C57H40N4. The second-order valence-electron chi connectivity index (χ2n) is 15.0. The van der Waals surface area contributed by atoms with Crippen LogP contribution in [0.5, 0.6) is 0 Å². The van der Waals surface area contributed by atoms with Crippen molar-refractivity contribution in [1.29, 1.82) is 5.41 Å². The van der Waals surface area contributed by atoms with Gasteiger partial charge in [0, 0.05) is 39.1 Å². The van der Waals surface area contributed by atoms with Gasteiger partial charge in [-0.3, -0.25) is 5.41 Å². The molecule has 288 valence electrons. The molecule has 0 spiro atoms. The van der Waals surface area contributed by atoms with E-state index in [4.69, 9.17) is 9.97 Å². The average molecular weight is 781 g/mol. The summed E-state index contributed by atoms with van der Waals surface area (Å²) in [5, 5.41) is 13.6. The Balaban J connectivity index is 1.08. The SMILES string of the molecule is N=C(/C(=C1\NC(c2ccccc2)=Cc2cccc(-c3ccc(-c4cccc(-c5cc(-c6ccccc6)nc(-c6ccccc6)n5)c4)cc3)c21)c1ccccc1)c1ccccc1. The highest BCUT2D eigenvalue weighted by molar-refractivity contribution is 6.36. The third-order valence-electron chi connectivity index (χ3n) is 11.1. The normalized spacial score (nSPS) is 12.8. The zero-order chi connectivity index (χ0) is 41.0. The third kappa shape index (κ3) is 7.62. The third-order valence-corrected chi connectivity index (χ3v) is 11.1. The van der Waals surface area contributed by atoms with Crippen molar-refractivity contribution >= 4 is 28.8 Å². The Hall–Kier alpha value is -8.21. The van der Waals surface area contributed by atoms with Crippen molar-refractivity contribution in [3.63, 3.8) is 0 Å². The van der Waals surface area contributed by atoms with Gasteiger partial charge in [0.15, 0.2) is 5.82 Å². The molecule has 1 aliphatic rings. The maximum absolute atomic E-state index is 9.74. The molecule has 4 heteroatoms. The number of aromatic nitrogens is 2. The van der Waals surface area contributed by atoms with Gasteiger partial charge in [0.25, 0.3) is 0 Å². The van der Waals surface area contributed by atoms with Crippen LogP contribution in [-0.4, -0.2) is 15.7 Å². The van der Waals surface area contributed by atoms with Crippen LogP contribution in [0.25, 0.3) is 79.2 Å². The standard InChI is InChI=1S/C57H40N4/c58-55(44-24-12-4-13-25-44)54(43-22-10-3-11-23-43)56-53-48(37-50(59-56)41-18-6-1-7-19-41)30-17-31-49(53)40-34-32-39(33-35-40)46-28-16-29-47(36-46)52-38-51(42-20-8-2-9-21-42)60-57(61-52)45-26-14-5-15-27-45/h1-38,58-59H/b56-54-,58-55?. The molecule has 61 heavy (non-hydrogen) atoms. The average Bonchev–Trinajstić information content (AvgIpc) is 3.35. The maximum Gasteiger partial charge on any atom is 0.160 e. The van der Waals surface area contributed by atoms with Crippen molar-refractivity contribution < 1.29 is 0 Å². The zero-order valence-electron chi connectivity index (χ0n) is 33.3. The van der Waals surface area contributed by atoms with E-state index in [2.05, 4.69) is 145 Å². The maximum atomic E-state index is 9.74. The van der Waals surface area contributed by atoms with Gasteiger partial charge < -0.3 is 5.32 Å². The van der Waals surface area contributed by atoms with E-state index in [1.54, 1.807) is 0 Å². The number of nitrogens with zero attached hydrogens (tertiary/aromatic N) is 2. The first kappa shape index (κ1) is 37.1. The van der Waals surface area contributed by atoms with E-state index in [1.807, 2.05) is 91.0 Å². The molecule has 0 radical (unpaired) electrons. The topological polar surface area (TPSA) is 61.7 Å². The summed E-state index contributed by atoms with van der Waals surface area (Å²) in [5.74, 6) is 0.695. The van der Waals surface area contributed by atoms with Gasteiger partial charge in [-0.25, -0.2) is 9.97 Å². The van der Waals surface area contributed by atoms with Crippen molar-refractivity contribution in [1.82, 2.24) is 15.3 Å². The molecule has 0 bridgehead atoms.